The minimum absolute atomic E-state index is 0.164. The fourth-order valence-electron chi connectivity index (χ4n) is 1.94. The van der Waals surface area contributed by atoms with E-state index in [0.29, 0.717) is 5.82 Å². The van der Waals surface area contributed by atoms with E-state index in [1.54, 1.807) is 19.2 Å². The van der Waals surface area contributed by atoms with E-state index in [1.165, 1.54) is 0 Å². The molecule has 0 amide bonds. The number of aromatic nitrogens is 3. The van der Waals surface area contributed by atoms with E-state index >= 15 is 0 Å². The molecule has 3 aromatic rings. The normalized spacial score (nSPS) is 10.9. The van der Waals surface area contributed by atoms with Gasteiger partial charge in [0.2, 0.25) is 0 Å². The van der Waals surface area contributed by atoms with Gasteiger partial charge in [-0.3, -0.25) is 4.98 Å². The number of nitrogens with zero attached hydrogens (tertiary/aromatic N) is 3. The summed E-state index contributed by atoms with van der Waals surface area (Å²) in [5.41, 5.74) is 1.85. The third kappa shape index (κ3) is 2.04. The molecule has 1 aromatic carbocycles. The van der Waals surface area contributed by atoms with E-state index in [2.05, 4.69) is 15.0 Å². The van der Waals surface area contributed by atoms with Crippen LogP contribution in [0.15, 0.2) is 36.5 Å². The summed E-state index contributed by atoms with van der Waals surface area (Å²) in [7, 11) is 0. The van der Waals surface area contributed by atoms with Crippen LogP contribution in [-0.4, -0.2) is 15.0 Å². The lowest BCUT2D eigenvalue weighted by atomic mass is 10.1. The van der Waals surface area contributed by atoms with Crippen molar-refractivity contribution < 1.29 is 4.39 Å². The Hall–Kier alpha value is -2.07. The zero-order chi connectivity index (χ0) is 13.4. The standard InChI is InChI=1S/C14H9ClFN3/c1-8-12(16)13(15)19-14(18-8)10-6-7-17-11-5-3-2-4-9(10)11/h2-7H,1H3. The highest BCUT2D eigenvalue weighted by Gasteiger charge is 2.12. The summed E-state index contributed by atoms with van der Waals surface area (Å²) in [6.07, 6.45) is 1.67. The van der Waals surface area contributed by atoms with Crippen LogP contribution < -0.4 is 0 Å². The molecule has 0 aliphatic carbocycles. The van der Waals surface area contributed by atoms with Crippen molar-refractivity contribution >= 4 is 22.5 Å². The van der Waals surface area contributed by atoms with Crippen LogP contribution in [0.1, 0.15) is 5.69 Å². The van der Waals surface area contributed by atoms with Gasteiger partial charge in [-0.15, -0.1) is 0 Å². The molecule has 3 nitrogen and oxygen atoms in total. The first kappa shape index (κ1) is 12.0. The maximum Gasteiger partial charge on any atom is 0.181 e. The second-order valence-corrected chi connectivity index (χ2v) is 4.47. The van der Waals surface area contributed by atoms with Gasteiger partial charge in [-0.1, -0.05) is 29.8 Å². The van der Waals surface area contributed by atoms with Crippen molar-refractivity contribution in [2.75, 3.05) is 0 Å². The van der Waals surface area contributed by atoms with E-state index in [0.717, 1.165) is 16.5 Å². The quantitative estimate of drug-likeness (QED) is 0.633. The van der Waals surface area contributed by atoms with Gasteiger partial charge >= 0.3 is 0 Å². The van der Waals surface area contributed by atoms with Gasteiger partial charge in [0.05, 0.1) is 11.2 Å². The lowest BCUT2D eigenvalue weighted by Gasteiger charge is -2.06. The van der Waals surface area contributed by atoms with Crippen molar-refractivity contribution in [1.82, 2.24) is 15.0 Å². The SMILES string of the molecule is Cc1nc(-c2ccnc3ccccc23)nc(Cl)c1F. The maximum atomic E-state index is 13.5. The molecule has 0 spiro atoms. The fourth-order valence-corrected chi connectivity index (χ4v) is 2.15. The molecule has 2 heterocycles. The highest BCUT2D eigenvalue weighted by Crippen LogP contribution is 2.26. The number of para-hydroxylation sites is 1. The predicted molar refractivity (Wildman–Crippen MR) is 72.5 cm³/mol. The van der Waals surface area contributed by atoms with Gasteiger partial charge in [-0.05, 0) is 19.1 Å². The molecule has 0 fully saturated rings. The molecule has 0 radical (unpaired) electrons. The Morgan fingerprint density at radius 1 is 1.11 bits per heavy atom. The Morgan fingerprint density at radius 2 is 1.89 bits per heavy atom. The molecule has 0 atom stereocenters. The molecule has 0 saturated carbocycles. The lowest BCUT2D eigenvalue weighted by molar-refractivity contribution is 0.603. The van der Waals surface area contributed by atoms with E-state index in [9.17, 15) is 4.39 Å². The molecule has 0 saturated heterocycles. The van der Waals surface area contributed by atoms with Crippen molar-refractivity contribution in [3.8, 4) is 11.4 Å². The van der Waals surface area contributed by atoms with Crippen LogP contribution in [0.3, 0.4) is 0 Å². The Morgan fingerprint density at radius 3 is 2.68 bits per heavy atom. The number of benzene rings is 1. The molecule has 19 heavy (non-hydrogen) atoms. The molecule has 0 N–H and O–H groups in total. The van der Waals surface area contributed by atoms with Gasteiger partial charge in [0, 0.05) is 17.1 Å². The topological polar surface area (TPSA) is 38.7 Å². The van der Waals surface area contributed by atoms with Gasteiger partial charge < -0.3 is 0 Å². The lowest BCUT2D eigenvalue weighted by Crippen LogP contribution is -1.98. The highest BCUT2D eigenvalue weighted by atomic mass is 35.5. The molecule has 0 bridgehead atoms. The van der Waals surface area contributed by atoms with Gasteiger partial charge in [-0.2, -0.15) is 0 Å². The molecule has 94 valence electrons. The van der Waals surface area contributed by atoms with Crippen LogP contribution in [0.25, 0.3) is 22.3 Å². The van der Waals surface area contributed by atoms with Crippen LogP contribution in [0.2, 0.25) is 5.15 Å². The van der Waals surface area contributed by atoms with Crippen molar-refractivity contribution in [3.05, 3.63) is 53.2 Å². The monoisotopic (exact) mass is 273 g/mol. The second kappa shape index (κ2) is 4.55. The Bertz CT molecular complexity index is 745. The largest absolute Gasteiger partial charge is 0.256 e. The maximum absolute atomic E-state index is 13.5. The zero-order valence-electron chi connectivity index (χ0n) is 10.1. The first-order valence-corrected chi connectivity index (χ1v) is 6.08. The number of hydrogen-bond acceptors (Lipinski definition) is 3. The van der Waals surface area contributed by atoms with Crippen molar-refractivity contribution in [1.29, 1.82) is 0 Å². The Labute approximate surface area is 114 Å². The minimum atomic E-state index is -0.580. The Balaban J connectivity index is 2.31. The number of halogens is 2. The third-order valence-corrected chi connectivity index (χ3v) is 3.12. The smallest absolute Gasteiger partial charge is 0.181 e. The summed E-state index contributed by atoms with van der Waals surface area (Å²) in [5, 5.41) is 0.746. The first-order valence-electron chi connectivity index (χ1n) is 5.70. The number of rotatable bonds is 1. The zero-order valence-corrected chi connectivity index (χ0v) is 10.8. The van der Waals surface area contributed by atoms with Gasteiger partial charge in [-0.25, -0.2) is 14.4 Å². The summed E-state index contributed by atoms with van der Waals surface area (Å²) in [5.74, 6) is -0.175. The number of fused-ring (bicyclic) bond motifs is 1. The molecule has 0 unspecified atom stereocenters. The van der Waals surface area contributed by atoms with E-state index in [1.807, 2.05) is 24.3 Å². The Kier molecular flexibility index (Phi) is 2.87. The highest BCUT2D eigenvalue weighted by molar-refractivity contribution is 6.29. The first-order chi connectivity index (χ1) is 9.16. The fraction of sp³-hybridized carbons (Fsp3) is 0.0714. The second-order valence-electron chi connectivity index (χ2n) is 4.11. The van der Waals surface area contributed by atoms with Crippen molar-refractivity contribution in [2.24, 2.45) is 0 Å². The van der Waals surface area contributed by atoms with Crippen LogP contribution >= 0.6 is 11.6 Å². The average molecular weight is 274 g/mol. The summed E-state index contributed by atoms with van der Waals surface area (Å²) in [4.78, 5) is 12.4. The molecule has 0 aliphatic rings. The molecule has 0 aliphatic heterocycles. The van der Waals surface area contributed by atoms with Gasteiger partial charge in [0.15, 0.2) is 16.8 Å². The van der Waals surface area contributed by atoms with Crippen LogP contribution in [0, 0.1) is 12.7 Å². The summed E-state index contributed by atoms with van der Waals surface area (Å²) in [6, 6.07) is 9.43. The van der Waals surface area contributed by atoms with Crippen LogP contribution in [-0.2, 0) is 0 Å². The molecule has 5 heteroatoms. The molecule has 3 rings (SSSR count). The molecular weight excluding hydrogens is 265 g/mol. The third-order valence-electron chi connectivity index (χ3n) is 2.87. The van der Waals surface area contributed by atoms with Gasteiger partial charge in [0.25, 0.3) is 0 Å². The van der Waals surface area contributed by atoms with Crippen LogP contribution in [0.5, 0.6) is 0 Å². The van der Waals surface area contributed by atoms with Crippen molar-refractivity contribution in [3.63, 3.8) is 0 Å². The number of pyridine rings is 1. The van der Waals surface area contributed by atoms with Crippen LogP contribution in [0.4, 0.5) is 4.39 Å². The molecule has 2 aromatic heterocycles. The van der Waals surface area contributed by atoms with E-state index < -0.39 is 5.82 Å². The van der Waals surface area contributed by atoms with E-state index in [-0.39, 0.29) is 10.8 Å². The van der Waals surface area contributed by atoms with Crippen molar-refractivity contribution in [2.45, 2.75) is 6.92 Å². The van der Waals surface area contributed by atoms with Gasteiger partial charge in [0.1, 0.15) is 0 Å². The molecular formula is C14H9ClFN3. The average Bonchev–Trinajstić information content (AvgIpc) is 2.43. The summed E-state index contributed by atoms with van der Waals surface area (Å²) >= 11 is 5.78. The predicted octanol–water partition coefficient (Wildman–Crippen LogP) is 3.79. The van der Waals surface area contributed by atoms with E-state index in [4.69, 9.17) is 11.6 Å². The minimum Gasteiger partial charge on any atom is -0.256 e. The number of hydrogen-bond donors (Lipinski definition) is 0. The summed E-state index contributed by atoms with van der Waals surface area (Å²) in [6.45, 7) is 1.57. The summed E-state index contributed by atoms with van der Waals surface area (Å²) < 4.78 is 13.5. The number of aryl methyl sites for hydroxylation is 1.